The lowest BCUT2D eigenvalue weighted by atomic mass is 9.93. The third kappa shape index (κ3) is 3.40. The van der Waals surface area contributed by atoms with Crippen molar-refractivity contribution in [3.05, 3.63) is 0 Å². The van der Waals surface area contributed by atoms with Crippen LogP contribution in [0.3, 0.4) is 0 Å². The van der Waals surface area contributed by atoms with Crippen molar-refractivity contribution in [1.29, 1.82) is 0 Å². The van der Waals surface area contributed by atoms with E-state index in [2.05, 4.69) is 0 Å². The van der Waals surface area contributed by atoms with Gasteiger partial charge in [0.05, 0.1) is 11.2 Å². The molecule has 0 spiro atoms. The van der Waals surface area contributed by atoms with E-state index < -0.39 is 36.0 Å². The van der Waals surface area contributed by atoms with Gasteiger partial charge in [-0.05, 0) is 34.6 Å². The van der Waals surface area contributed by atoms with E-state index in [4.69, 9.17) is 8.37 Å². The minimum atomic E-state index is -4.20. The summed E-state index contributed by atoms with van der Waals surface area (Å²) in [7, 11) is -8.40. The van der Waals surface area contributed by atoms with Crippen LogP contribution in [-0.2, 0) is 28.6 Å². The third-order valence-electron chi connectivity index (χ3n) is 2.35. The molecular formula is C9H18O6S2. The van der Waals surface area contributed by atoms with E-state index >= 15 is 0 Å². The molecule has 0 radical (unpaired) electrons. The van der Waals surface area contributed by atoms with Crippen LogP contribution in [-0.4, -0.2) is 32.6 Å². The van der Waals surface area contributed by atoms with Crippen LogP contribution in [0.1, 0.15) is 41.0 Å². The fourth-order valence-electron chi connectivity index (χ4n) is 1.99. The predicted molar refractivity (Wildman–Crippen MR) is 62.2 cm³/mol. The molecule has 102 valence electrons. The van der Waals surface area contributed by atoms with Gasteiger partial charge < -0.3 is 0 Å². The Labute approximate surface area is 103 Å². The smallest absolute Gasteiger partial charge is 0.263 e. The highest BCUT2D eigenvalue weighted by molar-refractivity contribution is 8.04. The maximum absolute atomic E-state index is 11.7. The Kier molecular flexibility index (Phi) is 3.42. The Morgan fingerprint density at radius 3 is 1.47 bits per heavy atom. The summed E-state index contributed by atoms with van der Waals surface area (Å²) in [5.74, 6) is 0. The third-order valence-corrected chi connectivity index (χ3v) is 6.76. The zero-order valence-corrected chi connectivity index (χ0v) is 12.2. The molecule has 0 aromatic heterocycles. The molecular weight excluding hydrogens is 268 g/mol. The van der Waals surface area contributed by atoms with Gasteiger partial charge in [-0.25, -0.2) is 0 Å². The van der Waals surface area contributed by atoms with Crippen molar-refractivity contribution in [3.63, 3.8) is 0 Å². The predicted octanol–water partition coefficient (Wildman–Crippen LogP) is 0.986. The van der Waals surface area contributed by atoms with Crippen LogP contribution in [0.4, 0.5) is 0 Å². The molecule has 0 aliphatic carbocycles. The van der Waals surface area contributed by atoms with E-state index in [0.717, 1.165) is 6.92 Å². The average Bonchev–Trinajstić information content (AvgIpc) is 1.93. The van der Waals surface area contributed by atoms with Crippen LogP contribution in [0, 0.1) is 0 Å². The second-order valence-electron chi connectivity index (χ2n) is 5.42. The van der Waals surface area contributed by atoms with Gasteiger partial charge in [0.15, 0.2) is 0 Å². The second kappa shape index (κ2) is 3.91. The molecule has 17 heavy (non-hydrogen) atoms. The Hall–Kier alpha value is -0.180. The molecule has 6 nitrogen and oxygen atoms in total. The average molecular weight is 286 g/mol. The first-order valence-corrected chi connectivity index (χ1v) is 8.11. The lowest BCUT2D eigenvalue weighted by Gasteiger charge is -2.37. The highest BCUT2D eigenvalue weighted by Crippen LogP contribution is 2.34. The quantitative estimate of drug-likeness (QED) is 0.617. The molecule has 0 atom stereocenters. The fraction of sp³-hybridized carbons (Fsp3) is 1.00. The van der Waals surface area contributed by atoms with Crippen molar-refractivity contribution in [3.8, 4) is 0 Å². The van der Waals surface area contributed by atoms with Crippen LogP contribution >= 0.6 is 0 Å². The molecule has 1 heterocycles. The summed E-state index contributed by atoms with van der Waals surface area (Å²) in [6.07, 6.45) is 0.144. The van der Waals surface area contributed by atoms with Crippen LogP contribution in [0.25, 0.3) is 0 Å². The fourth-order valence-corrected chi connectivity index (χ4v) is 5.03. The van der Waals surface area contributed by atoms with Crippen LogP contribution < -0.4 is 0 Å². The van der Waals surface area contributed by atoms with Gasteiger partial charge in [-0.3, -0.25) is 8.37 Å². The maximum atomic E-state index is 11.7. The van der Waals surface area contributed by atoms with E-state index in [1.54, 1.807) is 27.7 Å². The van der Waals surface area contributed by atoms with Gasteiger partial charge in [0, 0.05) is 6.42 Å². The molecule has 0 unspecified atom stereocenters. The first-order chi connectivity index (χ1) is 7.28. The Bertz CT molecular complexity index is 454. The number of hydrogen-bond acceptors (Lipinski definition) is 6. The van der Waals surface area contributed by atoms with Gasteiger partial charge in [-0.2, -0.15) is 16.8 Å². The summed E-state index contributed by atoms with van der Waals surface area (Å²) < 4.78 is 55.1. The zero-order valence-electron chi connectivity index (χ0n) is 10.6. The van der Waals surface area contributed by atoms with Crippen molar-refractivity contribution in [1.82, 2.24) is 0 Å². The minimum Gasteiger partial charge on any atom is -0.263 e. The normalized spacial score (nSPS) is 31.4. The maximum Gasteiger partial charge on any atom is 0.287 e. The molecule has 1 fully saturated rings. The highest BCUT2D eigenvalue weighted by atomic mass is 32.3. The SMILES string of the molecule is CC1S(=O)(=O)OC(C)(C)CC(C)(C)OS1(=O)=O. The monoisotopic (exact) mass is 286 g/mol. The molecule has 0 saturated carbocycles. The number of rotatable bonds is 0. The summed E-state index contributed by atoms with van der Waals surface area (Å²) >= 11 is 0. The van der Waals surface area contributed by atoms with Crippen LogP contribution in [0.2, 0.25) is 0 Å². The van der Waals surface area contributed by atoms with E-state index in [1.807, 2.05) is 0 Å². The molecule has 0 aromatic rings. The summed E-state index contributed by atoms with van der Waals surface area (Å²) in [5, 5.41) is 0. The standard InChI is InChI=1S/C9H18O6S2/c1-7-16(10,11)14-8(2,3)6-9(4,5)15-17(7,12)13/h7H,6H2,1-5H3. The Balaban J connectivity index is 3.32. The first-order valence-electron chi connectivity index (χ1n) is 5.16. The number of hydrogen-bond donors (Lipinski definition) is 0. The Morgan fingerprint density at radius 2 is 1.18 bits per heavy atom. The van der Waals surface area contributed by atoms with Crippen molar-refractivity contribution in [2.45, 2.75) is 56.8 Å². The lowest BCUT2D eigenvalue weighted by molar-refractivity contribution is 0.00711. The van der Waals surface area contributed by atoms with E-state index in [0.29, 0.717) is 0 Å². The van der Waals surface area contributed by atoms with E-state index in [-0.39, 0.29) is 6.42 Å². The largest absolute Gasteiger partial charge is 0.287 e. The molecule has 1 rings (SSSR count). The molecule has 0 N–H and O–H groups in total. The van der Waals surface area contributed by atoms with Crippen molar-refractivity contribution < 1.29 is 25.2 Å². The summed E-state index contributed by atoms with van der Waals surface area (Å²) in [5.41, 5.74) is -2.01. The van der Waals surface area contributed by atoms with Gasteiger partial charge in [-0.1, -0.05) is 0 Å². The van der Waals surface area contributed by atoms with Gasteiger partial charge in [-0.15, -0.1) is 0 Å². The van der Waals surface area contributed by atoms with E-state index in [1.165, 1.54) is 0 Å². The molecule has 1 aliphatic rings. The second-order valence-corrected chi connectivity index (χ2v) is 9.43. The van der Waals surface area contributed by atoms with Crippen molar-refractivity contribution in [2.75, 3.05) is 0 Å². The van der Waals surface area contributed by atoms with Crippen LogP contribution in [0.15, 0.2) is 0 Å². The minimum absolute atomic E-state index is 0.144. The molecule has 8 heteroatoms. The van der Waals surface area contributed by atoms with Crippen molar-refractivity contribution in [2.24, 2.45) is 0 Å². The summed E-state index contributed by atoms with van der Waals surface area (Å²) in [6.45, 7) is 7.38. The Morgan fingerprint density at radius 1 is 0.882 bits per heavy atom. The molecule has 1 aliphatic heterocycles. The van der Waals surface area contributed by atoms with Gasteiger partial charge >= 0.3 is 0 Å². The molecule has 0 bridgehead atoms. The van der Waals surface area contributed by atoms with Gasteiger partial charge in [0.2, 0.25) is 4.58 Å². The first kappa shape index (κ1) is 14.9. The van der Waals surface area contributed by atoms with E-state index in [9.17, 15) is 16.8 Å². The molecule has 0 amide bonds. The van der Waals surface area contributed by atoms with Gasteiger partial charge in [0.25, 0.3) is 20.2 Å². The topological polar surface area (TPSA) is 86.7 Å². The zero-order chi connectivity index (χ0) is 13.7. The lowest BCUT2D eigenvalue weighted by Crippen LogP contribution is -2.47. The highest BCUT2D eigenvalue weighted by Gasteiger charge is 2.47. The summed E-state index contributed by atoms with van der Waals surface area (Å²) in [4.78, 5) is 0. The van der Waals surface area contributed by atoms with Crippen LogP contribution in [0.5, 0.6) is 0 Å². The van der Waals surface area contributed by atoms with Gasteiger partial charge in [0.1, 0.15) is 0 Å². The molecule has 0 aromatic carbocycles. The van der Waals surface area contributed by atoms with Crippen molar-refractivity contribution >= 4 is 20.2 Å². The molecule has 1 saturated heterocycles. The summed E-state index contributed by atoms with van der Waals surface area (Å²) in [6, 6.07) is 0.